The van der Waals surface area contributed by atoms with Crippen LogP contribution in [0.3, 0.4) is 0 Å². The molecule has 1 unspecified atom stereocenters. The summed E-state index contributed by atoms with van der Waals surface area (Å²) in [6.07, 6.45) is 0. The summed E-state index contributed by atoms with van der Waals surface area (Å²) in [5.74, 6) is -0.225. The molecule has 146 valence electrons. The van der Waals surface area contributed by atoms with Crippen LogP contribution in [0, 0.1) is 5.82 Å². The van der Waals surface area contributed by atoms with Crippen LogP contribution in [0.2, 0.25) is 5.02 Å². The molecule has 0 saturated carbocycles. The number of halogens is 2. The van der Waals surface area contributed by atoms with Gasteiger partial charge in [0.25, 0.3) is 0 Å². The van der Waals surface area contributed by atoms with Crippen LogP contribution in [0.5, 0.6) is 0 Å². The predicted molar refractivity (Wildman–Crippen MR) is 118 cm³/mol. The first kappa shape index (κ1) is 19.9. The number of aromatic nitrogens is 1. The lowest BCUT2D eigenvalue weighted by atomic mass is 10.1. The van der Waals surface area contributed by atoms with E-state index in [9.17, 15) is 8.60 Å². The Morgan fingerprint density at radius 1 is 0.966 bits per heavy atom. The van der Waals surface area contributed by atoms with Crippen LogP contribution in [-0.4, -0.2) is 13.7 Å². The van der Waals surface area contributed by atoms with E-state index in [2.05, 4.69) is 0 Å². The Morgan fingerprint density at radius 2 is 1.62 bits per heavy atom. The van der Waals surface area contributed by atoms with Crippen LogP contribution in [-0.2, 0) is 16.8 Å². The Labute approximate surface area is 179 Å². The van der Waals surface area contributed by atoms with Gasteiger partial charge in [0.2, 0.25) is 0 Å². The molecule has 0 fully saturated rings. The fraction of sp³-hybridized carbons (Fsp3) is 0.0455. The lowest BCUT2D eigenvalue weighted by Crippen LogP contribution is -1.92. The highest BCUT2D eigenvalue weighted by molar-refractivity contribution is 7.78. The van der Waals surface area contributed by atoms with Gasteiger partial charge >= 0.3 is 0 Å². The molecule has 7 heteroatoms. The number of benzene rings is 3. The molecule has 0 aliphatic heterocycles. The van der Waals surface area contributed by atoms with Crippen LogP contribution in [0.1, 0.15) is 5.56 Å². The van der Waals surface area contributed by atoms with Crippen molar-refractivity contribution in [2.75, 3.05) is 0 Å². The van der Waals surface area contributed by atoms with E-state index in [0.717, 1.165) is 37.8 Å². The van der Waals surface area contributed by atoms with Crippen LogP contribution in [0.4, 0.5) is 4.39 Å². The maximum Gasteiger partial charge on any atom is 0.157 e. The first-order valence-corrected chi connectivity index (χ1v) is 11.2. The van der Waals surface area contributed by atoms with Crippen molar-refractivity contribution in [3.63, 3.8) is 0 Å². The quantitative estimate of drug-likeness (QED) is 0.351. The average molecular weight is 444 g/mol. The van der Waals surface area contributed by atoms with E-state index in [1.807, 2.05) is 48.5 Å². The first-order chi connectivity index (χ1) is 14.0. The van der Waals surface area contributed by atoms with E-state index < -0.39 is 11.1 Å². The molecule has 0 saturated heterocycles. The van der Waals surface area contributed by atoms with Gasteiger partial charge in [-0.1, -0.05) is 54.1 Å². The minimum absolute atomic E-state index is 0.0820. The van der Waals surface area contributed by atoms with Gasteiger partial charge in [-0.05, 0) is 41.5 Å². The smallest absolute Gasteiger partial charge is 0.157 e. The number of rotatable bonds is 5. The summed E-state index contributed by atoms with van der Waals surface area (Å²) in [6, 6.07) is 21.2. The Kier molecular flexibility index (Phi) is 5.87. The third-order valence-electron chi connectivity index (χ3n) is 4.36. The van der Waals surface area contributed by atoms with E-state index >= 15 is 0 Å². The molecule has 0 amide bonds. The zero-order valence-corrected chi connectivity index (χ0v) is 17.4. The molecule has 0 spiro atoms. The Morgan fingerprint density at radius 3 is 2.28 bits per heavy atom. The van der Waals surface area contributed by atoms with E-state index in [1.54, 1.807) is 12.1 Å². The van der Waals surface area contributed by atoms with Crippen LogP contribution in [0.25, 0.3) is 32.3 Å². The third-order valence-corrected chi connectivity index (χ3v) is 6.40. The average Bonchev–Trinajstić information content (AvgIpc) is 3.14. The van der Waals surface area contributed by atoms with Crippen molar-refractivity contribution in [1.82, 2.24) is 4.98 Å². The zero-order chi connectivity index (χ0) is 20.4. The van der Waals surface area contributed by atoms with Gasteiger partial charge in [-0.3, -0.25) is 0 Å². The Hall–Kier alpha value is -2.38. The molecule has 4 rings (SSSR count). The largest absolute Gasteiger partial charge is 0.306 e. The standard InChI is InChI=1S/C22H15ClFNO2S2/c23-19-4-2-1-3-18(19)22-25-20(15-9-11-17(24)12-10-15)21(28-22)16-7-5-14(6-8-16)13-29(26)27/h1-12H,13H2,(H,26,27). The summed E-state index contributed by atoms with van der Waals surface area (Å²) in [5.41, 5.74) is 4.07. The third kappa shape index (κ3) is 4.46. The van der Waals surface area contributed by atoms with Gasteiger partial charge < -0.3 is 4.55 Å². The second-order valence-electron chi connectivity index (χ2n) is 6.35. The summed E-state index contributed by atoms with van der Waals surface area (Å²) in [6.45, 7) is 0. The summed E-state index contributed by atoms with van der Waals surface area (Å²) >= 11 is 5.98. The minimum atomic E-state index is -1.89. The monoisotopic (exact) mass is 443 g/mol. The summed E-state index contributed by atoms with van der Waals surface area (Å²) in [7, 11) is 0. The van der Waals surface area contributed by atoms with E-state index in [4.69, 9.17) is 21.1 Å². The van der Waals surface area contributed by atoms with Gasteiger partial charge in [-0.25, -0.2) is 13.6 Å². The first-order valence-electron chi connectivity index (χ1n) is 8.69. The molecule has 0 bridgehead atoms. The van der Waals surface area contributed by atoms with Crippen molar-refractivity contribution < 1.29 is 13.2 Å². The molecule has 29 heavy (non-hydrogen) atoms. The minimum Gasteiger partial charge on any atom is -0.306 e. The molecular weight excluding hydrogens is 429 g/mol. The second-order valence-corrected chi connectivity index (χ2v) is 8.68. The van der Waals surface area contributed by atoms with Crippen molar-refractivity contribution in [1.29, 1.82) is 0 Å². The maximum atomic E-state index is 13.4. The van der Waals surface area contributed by atoms with E-state index in [1.165, 1.54) is 23.5 Å². The van der Waals surface area contributed by atoms with Gasteiger partial charge in [-0.15, -0.1) is 11.3 Å². The molecule has 4 aromatic rings. The Bertz CT molecular complexity index is 1170. The molecule has 1 atom stereocenters. The van der Waals surface area contributed by atoms with Gasteiger partial charge in [0.1, 0.15) is 10.8 Å². The Balaban J connectivity index is 1.84. The molecule has 1 N–H and O–H groups in total. The molecule has 1 aromatic heterocycles. The molecule has 0 aliphatic carbocycles. The number of hydrogen-bond acceptors (Lipinski definition) is 3. The van der Waals surface area contributed by atoms with E-state index in [0.29, 0.717) is 5.02 Å². The highest BCUT2D eigenvalue weighted by Gasteiger charge is 2.17. The van der Waals surface area contributed by atoms with Crippen LogP contribution >= 0.6 is 22.9 Å². The normalized spacial score (nSPS) is 12.1. The number of hydrogen-bond donors (Lipinski definition) is 1. The fourth-order valence-corrected chi connectivity index (χ4v) is 4.86. The van der Waals surface area contributed by atoms with Gasteiger partial charge in [-0.2, -0.15) is 0 Å². The summed E-state index contributed by atoms with van der Waals surface area (Å²) in [5, 5.41) is 1.38. The molecular formula is C22H15ClFNO2S2. The molecule has 1 heterocycles. The maximum absolute atomic E-state index is 13.4. The molecule has 0 aliphatic rings. The van der Waals surface area contributed by atoms with Crippen LogP contribution < -0.4 is 0 Å². The van der Waals surface area contributed by atoms with Gasteiger partial charge in [0.05, 0.1) is 21.3 Å². The van der Waals surface area contributed by atoms with Crippen molar-refractivity contribution in [2.45, 2.75) is 5.75 Å². The molecule has 3 nitrogen and oxygen atoms in total. The SMILES string of the molecule is O=S(O)Cc1ccc(-c2sc(-c3ccccc3Cl)nc2-c2ccc(F)cc2)cc1. The van der Waals surface area contributed by atoms with Crippen molar-refractivity contribution in [3.05, 3.63) is 89.2 Å². The summed E-state index contributed by atoms with van der Waals surface area (Å²) < 4.78 is 33.5. The van der Waals surface area contributed by atoms with Crippen molar-refractivity contribution in [3.8, 4) is 32.3 Å². The van der Waals surface area contributed by atoms with Crippen molar-refractivity contribution >= 4 is 34.0 Å². The van der Waals surface area contributed by atoms with Gasteiger partial charge in [0.15, 0.2) is 11.1 Å². The zero-order valence-electron chi connectivity index (χ0n) is 15.0. The number of thiazole rings is 1. The highest BCUT2D eigenvalue weighted by atomic mass is 35.5. The topological polar surface area (TPSA) is 50.2 Å². The van der Waals surface area contributed by atoms with Crippen LogP contribution in [0.15, 0.2) is 72.8 Å². The van der Waals surface area contributed by atoms with E-state index in [-0.39, 0.29) is 11.6 Å². The number of nitrogens with zero attached hydrogens (tertiary/aromatic N) is 1. The lowest BCUT2D eigenvalue weighted by Gasteiger charge is -2.04. The summed E-state index contributed by atoms with van der Waals surface area (Å²) in [4.78, 5) is 5.73. The second kappa shape index (κ2) is 8.55. The predicted octanol–water partition coefficient (Wildman–Crippen LogP) is 6.66. The fourth-order valence-electron chi connectivity index (χ4n) is 2.96. The highest BCUT2D eigenvalue weighted by Crippen LogP contribution is 2.42. The molecule has 3 aromatic carbocycles. The van der Waals surface area contributed by atoms with Gasteiger partial charge in [0, 0.05) is 11.1 Å². The lowest BCUT2D eigenvalue weighted by molar-refractivity contribution is 0.563. The molecule has 0 radical (unpaired) electrons. The van der Waals surface area contributed by atoms with Crippen molar-refractivity contribution in [2.24, 2.45) is 0 Å².